The fourth-order valence-corrected chi connectivity index (χ4v) is 6.12. The van der Waals surface area contributed by atoms with E-state index in [-0.39, 0.29) is 17.3 Å². The highest BCUT2D eigenvalue weighted by Gasteiger charge is 2.25. The Kier molecular flexibility index (Phi) is 7.61. The van der Waals surface area contributed by atoms with E-state index in [2.05, 4.69) is 0 Å². The minimum Gasteiger partial charge on any atom is -0.467 e. The third-order valence-electron chi connectivity index (χ3n) is 5.69. The van der Waals surface area contributed by atoms with E-state index in [1.807, 2.05) is 26.0 Å². The van der Waals surface area contributed by atoms with E-state index in [4.69, 9.17) is 21.0 Å². The third-order valence-corrected chi connectivity index (χ3v) is 9.10. The molecule has 0 unspecified atom stereocenters. The van der Waals surface area contributed by atoms with Crippen molar-refractivity contribution in [1.82, 2.24) is 9.29 Å². The molecule has 0 fully saturated rings. The molecule has 1 amide bonds. The summed E-state index contributed by atoms with van der Waals surface area (Å²) in [5, 5.41) is 1.05. The molecule has 0 saturated carbocycles. The minimum absolute atomic E-state index is 0.146. The van der Waals surface area contributed by atoms with Crippen LogP contribution >= 0.6 is 22.9 Å². The van der Waals surface area contributed by atoms with E-state index in [1.54, 1.807) is 25.4 Å². The zero-order chi connectivity index (χ0) is 25.2. The highest BCUT2D eigenvalue weighted by Crippen LogP contribution is 2.36. The van der Waals surface area contributed by atoms with Crippen LogP contribution in [0.15, 0.2) is 64.1 Å². The first-order valence-electron chi connectivity index (χ1n) is 11.2. The number of fused-ring (bicyclic) bond motifs is 1. The summed E-state index contributed by atoms with van der Waals surface area (Å²) in [5.74, 6) is 0.273. The topological polar surface area (TPSA) is 83.7 Å². The van der Waals surface area contributed by atoms with Crippen molar-refractivity contribution in [2.24, 2.45) is 0 Å². The zero-order valence-corrected chi connectivity index (χ0v) is 22.1. The fourth-order valence-electron chi connectivity index (χ4n) is 3.60. The molecule has 0 bridgehead atoms. The quantitative estimate of drug-likeness (QED) is 0.260. The van der Waals surface area contributed by atoms with Crippen LogP contribution < -0.4 is 4.90 Å². The Bertz CT molecular complexity index is 1390. The number of nitrogens with zero attached hydrogens (tertiary/aromatic N) is 3. The molecule has 2 aromatic heterocycles. The fraction of sp³-hybridized carbons (Fsp3) is 0.280. The molecule has 35 heavy (non-hydrogen) atoms. The predicted octanol–water partition coefficient (Wildman–Crippen LogP) is 6.12. The molecular formula is C25H26ClN3O4S2. The van der Waals surface area contributed by atoms with Crippen LogP contribution in [0, 0.1) is 6.92 Å². The number of benzene rings is 2. The van der Waals surface area contributed by atoms with Gasteiger partial charge in [-0.2, -0.15) is 0 Å². The van der Waals surface area contributed by atoms with Crippen molar-refractivity contribution in [3.8, 4) is 0 Å². The van der Waals surface area contributed by atoms with Crippen LogP contribution in [0.25, 0.3) is 10.2 Å². The molecule has 0 radical (unpaired) electrons. The number of sulfonamides is 1. The minimum atomic E-state index is -3.63. The van der Waals surface area contributed by atoms with Crippen molar-refractivity contribution < 1.29 is 17.6 Å². The monoisotopic (exact) mass is 531 g/mol. The number of carbonyl (C=O) groups is 1. The van der Waals surface area contributed by atoms with E-state index in [1.165, 1.54) is 44.8 Å². The van der Waals surface area contributed by atoms with Gasteiger partial charge in [0.05, 0.1) is 32.9 Å². The first-order valence-corrected chi connectivity index (χ1v) is 13.8. The van der Waals surface area contributed by atoms with E-state index < -0.39 is 10.0 Å². The van der Waals surface area contributed by atoms with Crippen molar-refractivity contribution in [1.29, 1.82) is 0 Å². The molecular weight excluding hydrogens is 506 g/mol. The lowest BCUT2D eigenvalue weighted by Crippen LogP contribution is -2.30. The molecule has 2 aromatic carbocycles. The van der Waals surface area contributed by atoms with Gasteiger partial charge in [0.1, 0.15) is 5.76 Å². The number of anilines is 1. The summed E-state index contributed by atoms with van der Waals surface area (Å²) in [5.41, 5.74) is 2.04. The van der Waals surface area contributed by atoms with Crippen molar-refractivity contribution >= 4 is 54.2 Å². The lowest BCUT2D eigenvalue weighted by Gasteiger charge is -2.20. The van der Waals surface area contributed by atoms with Crippen molar-refractivity contribution in [2.45, 2.75) is 38.1 Å². The van der Waals surface area contributed by atoms with Crippen LogP contribution in [-0.2, 0) is 16.6 Å². The Balaban J connectivity index is 1.68. The maximum absolute atomic E-state index is 13.6. The summed E-state index contributed by atoms with van der Waals surface area (Å²) in [7, 11) is -2.06. The Labute approximate surface area is 214 Å². The van der Waals surface area contributed by atoms with Crippen LogP contribution in [0.4, 0.5) is 5.13 Å². The largest absolute Gasteiger partial charge is 0.467 e. The second-order valence-corrected chi connectivity index (χ2v) is 11.6. The number of thiazole rings is 1. The molecule has 0 aliphatic rings. The number of halogens is 1. The average Bonchev–Trinajstić information content (AvgIpc) is 3.53. The van der Waals surface area contributed by atoms with Gasteiger partial charge in [0, 0.05) is 19.2 Å². The van der Waals surface area contributed by atoms with Crippen LogP contribution in [-0.4, -0.2) is 37.2 Å². The molecule has 4 aromatic rings. The molecule has 0 aliphatic heterocycles. The van der Waals surface area contributed by atoms with Gasteiger partial charge < -0.3 is 4.42 Å². The summed E-state index contributed by atoms with van der Waals surface area (Å²) in [6.45, 7) is 4.56. The van der Waals surface area contributed by atoms with Gasteiger partial charge in [0.15, 0.2) is 5.13 Å². The lowest BCUT2D eigenvalue weighted by molar-refractivity contribution is 0.0983. The molecule has 4 rings (SSSR count). The van der Waals surface area contributed by atoms with Crippen LogP contribution in [0.5, 0.6) is 0 Å². The number of carbonyl (C=O) groups excluding carboxylic acids is 1. The van der Waals surface area contributed by atoms with Crippen LogP contribution in [0.2, 0.25) is 5.02 Å². The smallest absolute Gasteiger partial charge is 0.260 e. The molecule has 0 N–H and O–H groups in total. The van der Waals surface area contributed by atoms with E-state index >= 15 is 0 Å². The van der Waals surface area contributed by atoms with Crippen LogP contribution in [0.1, 0.15) is 41.4 Å². The normalized spacial score (nSPS) is 11.9. The standard InChI is InChI=1S/C25H26ClN3O4S2/c1-4-5-14-28(3)35(31,32)20-11-9-18(10-12-20)24(30)29(16-19-7-6-15-33-19)25-27-22-17(2)8-13-21(26)23(22)34-25/h6-13,15H,4-5,14,16H2,1-3H3. The van der Waals surface area contributed by atoms with Gasteiger partial charge in [-0.25, -0.2) is 17.7 Å². The summed E-state index contributed by atoms with van der Waals surface area (Å²) in [6, 6.07) is 13.2. The zero-order valence-electron chi connectivity index (χ0n) is 19.7. The van der Waals surface area contributed by atoms with Gasteiger partial charge in [-0.05, 0) is 61.4 Å². The van der Waals surface area contributed by atoms with Gasteiger partial charge in [0.2, 0.25) is 10.0 Å². The van der Waals surface area contributed by atoms with E-state index in [9.17, 15) is 13.2 Å². The molecule has 2 heterocycles. The van der Waals surface area contributed by atoms with Crippen molar-refractivity contribution in [3.63, 3.8) is 0 Å². The number of aromatic nitrogens is 1. The van der Waals surface area contributed by atoms with E-state index in [0.717, 1.165) is 28.6 Å². The maximum Gasteiger partial charge on any atom is 0.260 e. The summed E-state index contributed by atoms with van der Waals surface area (Å²) >= 11 is 7.72. The van der Waals surface area contributed by atoms with Crippen molar-refractivity contribution in [2.75, 3.05) is 18.5 Å². The highest BCUT2D eigenvalue weighted by atomic mass is 35.5. The summed E-state index contributed by atoms with van der Waals surface area (Å²) in [4.78, 5) is 20.0. The first kappa shape index (κ1) is 25.4. The van der Waals surface area contributed by atoms with Gasteiger partial charge in [-0.1, -0.05) is 42.3 Å². The van der Waals surface area contributed by atoms with Gasteiger partial charge in [0.25, 0.3) is 5.91 Å². The Morgan fingerprint density at radius 2 is 1.89 bits per heavy atom. The van der Waals surface area contributed by atoms with Gasteiger partial charge >= 0.3 is 0 Å². The lowest BCUT2D eigenvalue weighted by atomic mass is 10.2. The number of amides is 1. The first-order chi connectivity index (χ1) is 16.7. The summed E-state index contributed by atoms with van der Waals surface area (Å²) < 4.78 is 33.3. The molecule has 184 valence electrons. The number of furan rings is 1. The Morgan fingerprint density at radius 3 is 2.51 bits per heavy atom. The molecule has 0 saturated heterocycles. The highest BCUT2D eigenvalue weighted by molar-refractivity contribution is 7.89. The second kappa shape index (κ2) is 10.5. The molecule has 0 spiro atoms. The molecule has 0 atom stereocenters. The number of hydrogen-bond donors (Lipinski definition) is 0. The number of aryl methyl sites for hydroxylation is 1. The van der Waals surface area contributed by atoms with Gasteiger partial charge in [-0.3, -0.25) is 9.69 Å². The maximum atomic E-state index is 13.6. The number of unbranched alkanes of at least 4 members (excludes halogenated alkanes) is 1. The SMILES string of the molecule is CCCCN(C)S(=O)(=O)c1ccc(C(=O)N(Cc2ccco2)c2nc3c(C)ccc(Cl)c3s2)cc1. The predicted molar refractivity (Wildman–Crippen MR) is 140 cm³/mol. The molecule has 10 heteroatoms. The Morgan fingerprint density at radius 1 is 1.14 bits per heavy atom. The van der Waals surface area contributed by atoms with Gasteiger partial charge in [-0.15, -0.1) is 0 Å². The third kappa shape index (κ3) is 5.28. The molecule has 7 nitrogen and oxygen atoms in total. The molecule has 0 aliphatic carbocycles. The van der Waals surface area contributed by atoms with E-state index in [0.29, 0.717) is 28.0 Å². The summed E-state index contributed by atoms with van der Waals surface area (Å²) in [6.07, 6.45) is 3.22. The second-order valence-electron chi connectivity index (χ2n) is 8.21. The van der Waals surface area contributed by atoms with Crippen LogP contribution in [0.3, 0.4) is 0 Å². The number of rotatable bonds is 9. The average molecular weight is 532 g/mol. The Hall–Kier alpha value is -2.72. The van der Waals surface area contributed by atoms with Crippen molar-refractivity contribution in [3.05, 3.63) is 76.7 Å². The number of hydrogen-bond acceptors (Lipinski definition) is 6.